The van der Waals surface area contributed by atoms with Crippen molar-refractivity contribution in [2.75, 3.05) is 0 Å². The van der Waals surface area contributed by atoms with Crippen molar-refractivity contribution >= 4 is 21.4 Å². The molecule has 2 rings (SSSR count). The maximum absolute atomic E-state index is 6.06. The lowest BCUT2D eigenvalue weighted by molar-refractivity contribution is 0.520. The first kappa shape index (κ1) is 10.7. The van der Waals surface area contributed by atoms with Crippen molar-refractivity contribution < 1.29 is 0 Å². The van der Waals surface area contributed by atoms with Gasteiger partial charge in [0, 0.05) is 15.1 Å². The number of rotatable bonds is 2. The van der Waals surface area contributed by atoms with Gasteiger partial charge in [0.25, 0.3) is 0 Å². The van der Waals surface area contributed by atoms with Crippen molar-refractivity contribution in [3.05, 3.63) is 34.7 Å². The van der Waals surface area contributed by atoms with Gasteiger partial charge in [-0.25, -0.2) is 0 Å². The Morgan fingerprint density at radius 1 is 1.27 bits per heavy atom. The first-order valence-electron chi connectivity index (χ1n) is 5.23. The van der Waals surface area contributed by atoms with Crippen LogP contribution in [-0.2, 0) is 6.42 Å². The van der Waals surface area contributed by atoms with Crippen LogP contribution in [0.5, 0.6) is 0 Å². The molecular weight excluding hydrogens is 202 g/mol. The molecule has 0 fully saturated rings. The maximum atomic E-state index is 6.06. The average Bonchev–Trinajstić information content (AvgIpc) is 2.42. The summed E-state index contributed by atoms with van der Waals surface area (Å²) in [6, 6.07) is 8.56. The highest BCUT2D eigenvalue weighted by atomic mass is 32.1. The molecule has 0 bridgehead atoms. The van der Waals surface area contributed by atoms with E-state index in [9.17, 15) is 0 Å². The Kier molecular flexibility index (Phi) is 2.57. The molecule has 1 aromatic carbocycles. The van der Waals surface area contributed by atoms with Gasteiger partial charge in [-0.3, -0.25) is 0 Å². The normalized spacial score (nSPS) is 12.3. The van der Waals surface area contributed by atoms with Gasteiger partial charge in [-0.2, -0.15) is 0 Å². The lowest BCUT2D eigenvalue weighted by Gasteiger charge is -2.17. The summed E-state index contributed by atoms with van der Waals surface area (Å²) in [5, 5.41) is 1.38. The second-order valence-corrected chi connectivity index (χ2v) is 5.95. The third kappa shape index (κ3) is 2.21. The molecule has 80 valence electrons. The minimum absolute atomic E-state index is 0.119. The van der Waals surface area contributed by atoms with E-state index in [4.69, 9.17) is 5.73 Å². The van der Waals surface area contributed by atoms with Crippen LogP contribution in [0.3, 0.4) is 0 Å². The Balaban J connectivity index is 2.49. The zero-order valence-corrected chi connectivity index (χ0v) is 10.3. The standard InChI is InChI=1S/C13H17NS/c1-9-10-6-4-5-7-11(10)15-12(9)8-13(2,3)14/h4-7H,8,14H2,1-3H3. The zero-order valence-electron chi connectivity index (χ0n) is 9.50. The molecular formula is C13H17NS. The van der Waals surface area contributed by atoms with Crippen molar-refractivity contribution in [3.8, 4) is 0 Å². The van der Waals surface area contributed by atoms with Crippen LogP contribution in [0.2, 0.25) is 0 Å². The molecule has 1 nitrogen and oxygen atoms in total. The van der Waals surface area contributed by atoms with Crippen LogP contribution in [0, 0.1) is 6.92 Å². The molecule has 0 unspecified atom stereocenters. The van der Waals surface area contributed by atoms with Crippen molar-refractivity contribution in [2.45, 2.75) is 32.7 Å². The third-order valence-electron chi connectivity index (χ3n) is 2.56. The lowest BCUT2D eigenvalue weighted by Crippen LogP contribution is -2.34. The van der Waals surface area contributed by atoms with Gasteiger partial charge in [-0.1, -0.05) is 18.2 Å². The number of nitrogens with two attached hydrogens (primary N) is 1. The van der Waals surface area contributed by atoms with E-state index < -0.39 is 0 Å². The Morgan fingerprint density at radius 3 is 2.53 bits per heavy atom. The number of aryl methyl sites for hydroxylation is 1. The Labute approximate surface area is 94.9 Å². The van der Waals surface area contributed by atoms with Crippen LogP contribution in [0.15, 0.2) is 24.3 Å². The smallest absolute Gasteiger partial charge is 0.0348 e. The van der Waals surface area contributed by atoms with Crippen LogP contribution in [0.25, 0.3) is 10.1 Å². The topological polar surface area (TPSA) is 26.0 Å². The molecule has 0 spiro atoms. The lowest BCUT2D eigenvalue weighted by atomic mass is 9.99. The van der Waals surface area contributed by atoms with E-state index in [0.717, 1.165) is 6.42 Å². The van der Waals surface area contributed by atoms with E-state index in [1.54, 1.807) is 0 Å². The number of thiophene rings is 1. The summed E-state index contributed by atoms with van der Waals surface area (Å²) in [6.07, 6.45) is 0.957. The van der Waals surface area contributed by atoms with E-state index in [-0.39, 0.29) is 5.54 Å². The highest BCUT2D eigenvalue weighted by Crippen LogP contribution is 2.32. The van der Waals surface area contributed by atoms with Gasteiger partial charge in [0.05, 0.1) is 0 Å². The van der Waals surface area contributed by atoms with Gasteiger partial charge < -0.3 is 5.73 Å². The summed E-state index contributed by atoms with van der Waals surface area (Å²) in [6.45, 7) is 6.35. The zero-order chi connectivity index (χ0) is 11.1. The Hall–Kier alpha value is -0.860. The van der Waals surface area contributed by atoms with Crippen LogP contribution in [-0.4, -0.2) is 5.54 Å². The quantitative estimate of drug-likeness (QED) is 0.822. The summed E-state index contributed by atoms with van der Waals surface area (Å²) in [7, 11) is 0. The van der Waals surface area contributed by atoms with E-state index in [1.165, 1.54) is 20.5 Å². The molecule has 2 N–H and O–H groups in total. The molecule has 0 saturated heterocycles. The molecule has 2 heteroatoms. The molecule has 15 heavy (non-hydrogen) atoms. The molecule has 0 saturated carbocycles. The summed E-state index contributed by atoms with van der Waals surface area (Å²) in [5.74, 6) is 0. The molecule has 0 aliphatic carbocycles. The van der Waals surface area contributed by atoms with E-state index >= 15 is 0 Å². The van der Waals surface area contributed by atoms with Crippen LogP contribution in [0.1, 0.15) is 24.3 Å². The van der Waals surface area contributed by atoms with Gasteiger partial charge in [0.15, 0.2) is 0 Å². The van der Waals surface area contributed by atoms with Gasteiger partial charge in [0.1, 0.15) is 0 Å². The van der Waals surface area contributed by atoms with E-state index in [2.05, 4.69) is 45.0 Å². The molecule has 0 radical (unpaired) electrons. The van der Waals surface area contributed by atoms with Crippen molar-refractivity contribution in [2.24, 2.45) is 5.73 Å². The fourth-order valence-electron chi connectivity index (χ4n) is 1.81. The first-order valence-corrected chi connectivity index (χ1v) is 6.05. The highest BCUT2D eigenvalue weighted by Gasteiger charge is 2.16. The first-order chi connectivity index (χ1) is 6.97. The minimum Gasteiger partial charge on any atom is -0.325 e. The Bertz CT molecular complexity index is 477. The molecule has 1 aromatic heterocycles. The second kappa shape index (κ2) is 3.62. The maximum Gasteiger partial charge on any atom is 0.0348 e. The number of benzene rings is 1. The SMILES string of the molecule is Cc1c(CC(C)(C)N)sc2ccccc12. The van der Waals surface area contributed by atoms with Crippen molar-refractivity contribution in [1.29, 1.82) is 0 Å². The van der Waals surface area contributed by atoms with Crippen LogP contribution < -0.4 is 5.73 Å². The molecule has 1 heterocycles. The summed E-state index contributed by atoms with van der Waals surface area (Å²) < 4.78 is 1.37. The van der Waals surface area contributed by atoms with Gasteiger partial charge in [0.2, 0.25) is 0 Å². The predicted molar refractivity (Wildman–Crippen MR) is 68.5 cm³/mol. The highest BCUT2D eigenvalue weighted by molar-refractivity contribution is 7.19. The number of fused-ring (bicyclic) bond motifs is 1. The third-order valence-corrected chi connectivity index (χ3v) is 3.83. The van der Waals surface area contributed by atoms with Crippen molar-refractivity contribution in [1.82, 2.24) is 0 Å². The fraction of sp³-hybridized carbons (Fsp3) is 0.385. The number of hydrogen-bond donors (Lipinski definition) is 1. The van der Waals surface area contributed by atoms with Crippen LogP contribution in [0.4, 0.5) is 0 Å². The van der Waals surface area contributed by atoms with E-state index in [1.807, 2.05) is 11.3 Å². The number of hydrogen-bond acceptors (Lipinski definition) is 2. The van der Waals surface area contributed by atoms with E-state index in [0.29, 0.717) is 0 Å². The molecule has 0 atom stereocenters. The monoisotopic (exact) mass is 219 g/mol. The Morgan fingerprint density at radius 2 is 1.93 bits per heavy atom. The molecule has 2 aromatic rings. The average molecular weight is 219 g/mol. The molecule has 0 amide bonds. The second-order valence-electron chi connectivity index (χ2n) is 4.81. The molecule has 0 aliphatic heterocycles. The predicted octanol–water partition coefficient (Wildman–Crippen LogP) is 3.49. The summed E-state index contributed by atoms with van der Waals surface area (Å²) in [4.78, 5) is 1.42. The van der Waals surface area contributed by atoms with Gasteiger partial charge in [-0.15, -0.1) is 11.3 Å². The van der Waals surface area contributed by atoms with Crippen molar-refractivity contribution in [3.63, 3.8) is 0 Å². The van der Waals surface area contributed by atoms with Gasteiger partial charge in [-0.05, 0) is 44.2 Å². The largest absolute Gasteiger partial charge is 0.325 e. The summed E-state index contributed by atoms with van der Waals surface area (Å²) >= 11 is 1.87. The van der Waals surface area contributed by atoms with Gasteiger partial charge >= 0.3 is 0 Å². The minimum atomic E-state index is -0.119. The molecule has 0 aliphatic rings. The van der Waals surface area contributed by atoms with Crippen LogP contribution >= 0.6 is 11.3 Å². The fourth-order valence-corrected chi connectivity index (χ4v) is 3.26. The summed E-state index contributed by atoms with van der Waals surface area (Å²) in [5.41, 5.74) is 7.34.